The van der Waals surface area contributed by atoms with Gasteiger partial charge in [-0.05, 0) is 42.4 Å². The average molecular weight is 276 g/mol. The molecule has 0 radical (unpaired) electrons. The third-order valence-electron chi connectivity index (χ3n) is 4.10. The van der Waals surface area contributed by atoms with Crippen LogP contribution in [0.5, 0.6) is 5.75 Å². The average Bonchev–Trinajstić information content (AvgIpc) is 2.45. The predicted molar refractivity (Wildman–Crippen MR) is 79.6 cm³/mol. The van der Waals surface area contributed by atoms with Crippen molar-refractivity contribution >= 4 is 5.97 Å². The maximum absolute atomic E-state index is 11.3. The number of hydrogen-bond donors (Lipinski definition) is 1. The normalized spacial score (nSPS) is 16.4. The molecular formula is C17H24O3. The third kappa shape index (κ3) is 3.75. The second-order valence-corrected chi connectivity index (χ2v) is 6.03. The molecule has 1 aromatic carbocycles. The molecule has 0 spiro atoms. The van der Waals surface area contributed by atoms with Crippen LogP contribution in [0, 0.1) is 5.92 Å². The summed E-state index contributed by atoms with van der Waals surface area (Å²) in [7, 11) is 0. The number of carboxylic acid groups (broad SMARTS) is 1. The molecule has 2 rings (SSSR count). The van der Waals surface area contributed by atoms with Crippen molar-refractivity contribution in [2.75, 3.05) is 6.61 Å². The van der Waals surface area contributed by atoms with Crippen molar-refractivity contribution < 1.29 is 14.6 Å². The van der Waals surface area contributed by atoms with E-state index in [1.54, 1.807) is 6.07 Å². The zero-order chi connectivity index (χ0) is 14.5. The van der Waals surface area contributed by atoms with Gasteiger partial charge >= 0.3 is 5.97 Å². The molecule has 0 bridgehead atoms. The molecule has 1 saturated carbocycles. The fourth-order valence-corrected chi connectivity index (χ4v) is 2.76. The lowest BCUT2D eigenvalue weighted by Gasteiger charge is -2.22. The summed E-state index contributed by atoms with van der Waals surface area (Å²) in [5.74, 6) is 0.552. The molecule has 1 aliphatic carbocycles. The van der Waals surface area contributed by atoms with Crippen molar-refractivity contribution in [1.82, 2.24) is 0 Å². The van der Waals surface area contributed by atoms with Crippen molar-refractivity contribution in [2.24, 2.45) is 5.92 Å². The van der Waals surface area contributed by atoms with Crippen LogP contribution in [0.1, 0.15) is 67.8 Å². The molecule has 20 heavy (non-hydrogen) atoms. The van der Waals surface area contributed by atoms with Gasteiger partial charge in [-0.3, -0.25) is 0 Å². The molecule has 0 atom stereocenters. The summed E-state index contributed by atoms with van der Waals surface area (Å²) < 4.78 is 5.85. The molecular weight excluding hydrogens is 252 g/mol. The standard InChI is InChI=1S/C17H24O3/c1-12(2)14-8-9-15(17(18)19)16(10-14)20-11-13-6-4-3-5-7-13/h8-10,12-13H,3-7,11H2,1-2H3,(H,18,19). The Kier molecular flexibility index (Phi) is 5.05. The second kappa shape index (κ2) is 6.78. The SMILES string of the molecule is CC(C)c1ccc(C(=O)O)c(OCC2CCCCC2)c1. The van der Waals surface area contributed by atoms with Crippen molar-refractivity contribution in [3.05, 3.63) is 29.3 Å². The molecule has 3 heteroatoms. The first kappa shape index (κ1) is 14.9. The van der Waals surface area contributed by atoms with Gasteiger partial charge in [-0.1, -0.05) is 39.2 Å². The Morgan fingerprint density at radius 1 is 1.30 bits per heavy atom. The van der Waals surface area contributed by atoms with Crippen molar-refractivity contribution in [2.45, 2.75) is 51.9 Å². The molecule has 0 amide bonds. The molecule has 0 aliphatic heterocycles. The summed E-state index contributed by atoms with van der Waals surface area (Å²) in [6.07, 6.45) is 6.26. The van der Waals surface area contributed by atoms with Crippen LogP contribution in [0.25, 0.3) is 0 Å². The van der Waals surface area contributed by atoms with E-state index < -0.39 is 5.97 Å². The highest BCUT2D eigenvalue weighted by atomic mass is 16.5. The van der Waals surface area contributed by atoms with E-state index in [-0.39, 0.29) is 5.56 Å². The number of carboxylic acids is 1. The summed E-state index contributed by atoms with van der Waals surface area (Å²) in [4.78, 5) is 11.3. The van der Waals surface area contributed by atoms with Gasteiger partial charge in [-0.25, -0.2) is 4.79 Å². The molecule has 1 aromatic rings. The molecule has 0 heterocycles. The van der Waals surface area contributed by atoms with Gasteiger partial charge in [0.2, 0.25) is 0 Å². The molecule has 0 unspecified atom stereocenters. The van der Waals surface area contributed by atoms with E-state index in [0.717, 1.165) is 5.56 Å². The van der Waals surface area contributed by atoms with Crippen LogP contribution in [0.3, 0.4) is 0 Å². The maximum atomic E-state index is 11.3. The Morgan fingerprint density at radius 3 is 2.60 bits per heavy atom. The topological polar surface area (TPSA) is 46.5 Å². The summed E-state index contributed by atoms with van der Waals surface area (Å²) in [5.41, 5.74) is 1.39. The van der Waals surface area contributed by atoms with E-state index in [1.165, 1.54) is 32.1 Å². The molecule has 3 nitrogen and oxygen atoms in total. The summed E-state index contributed by atoms with van der Waals surface area (Å²) in [6, 6.07) is 5.42. The Hall–Kier alpha value is -1.51. The highest BCUT2D eigenvalue weighted by molar-refractivity contribution is 5.91. The number of carbonyl (C=O) groups is 1. The fourth-order valence-electron chi connectivity index (χ4n) is 2.76. The Balaban J connectivity index is 2.10. The largest absolute Gasteiger partial charge is 0.492 e. The van der Waals surface area contributed by atoms with E-state index in [2.05, 4.69) is 13.8 Å². The lowest BCUT2D eigenvalue weighted by atomic mass is 9.90. The smallest absolute Gasteiger partial charge is 0.339 e. The minimum Gasteiger partial charge on any atom is -0.492 e. The monoisotopic (exact) mass is 276 g/mol. The molecule has 1 aliphatic rings. The van der Waals surface area contributed by atoms with Gasteiger partial charge in [0.05, 0.1) is 6.61 Å². The van der Waals surface area contributed by atoms with Crippen LogP contribution in [0.15, 0.2) is 18.2 Å². The minimum absolute atomic E-state index is 0.269. The summed E-state index contributed by atoms with van der Waals surface area (Å²) >= 11 is 0. The van der Waals surface area contributed by atoms with Gasteiger partial charge in [0.15, 0.2) is 0 Å². The van der Waals surface area contributed by atoms with E-state index in [9.17, 15) is 9.90 Å². The quantitative estimate of drug-likeness (QED) is 0.863. The van der Waals surface area contributed by atoms with Gasteiger partial charge < -0.3 is 9.84 Å². The Labute approximate surface area is 121 Å². The van der Waals surface area contributed by atoms with E-state index >= 15 is 0 Å². The van der Waals surface area contributed by atoms with Crippen LogP contribution >= 0.6 is 0 Å². The van der Waals surface area contributed by atoms with Crippen LogP contribution < -0.4 is 4.74 Å². The van der Waals surface area contributed by atoms with Crippen molar-refractivity contribution in [1.29, 1.82) is 0 Å². The lowest BCUT2D eigenvalue weighted by molar-refractivity contribution is 0.0690. The van der Waals surface area contributed by atoms with Crippen molar-refractivity contribution in [3.63, 3.8) is 0 Å². The second-order valence-electron chi connectivity index (χ2n) is 6.03. The highest BCUT2D eigenvalue weighted by Gasteiger charge is 2.17. The predicted octanol–water partition coefficient (Wildman–Crippen LogP) is 4.47. The summed E-state index contributed by atoms with van der Waals surface area (Å²) in [6.45, 7) is 4.84. The maximum Gasteiger partial charge on any atom is 0.339 e. The number of ether oxygens (including phenoxy) is 1. The minimum atomic E-state index is -0.918. The molecule has 1 N–H and O–H groups in total. The molecule has 0 aromatic heterocycles. The van der Waals surface area contributed by atoms with E-state index in [0.29, 0.717) is 24.2 Å². The van der Waals surface area contributed by atoms with Crippen LogP contribution in [-0.4, -0.2) is 17.7 Å². The Morgan fingerprint density at radius 2 is 2.00 bits per heavy atom. The van der Waals surface area contributed by atoms with Gasteiger partial charge in [0, 0.05) is 0 Å². The van der Waals surface area contributed by atoms with E-state index in [1.807, 2.05) is 12.1 Å². The fraction of sp³-hybridized carbons (Fsp3) is 0.588. The van der Waals surface area contributed by atoms with Gasteiger partial charge in [-0.2, -0.15) is 0 Å². The number of aromatic carboxylic acids is 1. The number of hydrogen-bond acceptors (Lipinski definition) is 2. The zero-order valence-corrected chi connectivity index (χ0v) is 12.4. The van der Waals surface area contributed by atoms with Crippen LogP contribution in [0.4, 0.5) is 0 Å². The first-order valence-electron chi connectivity index (χ1n) is 7.58. The van der Waals surface area contributed by atoms with E-state index in [4.69, 9.17) is 4.74 Å². The van der Waals surface area contributed by atoms with Gasteiger partial charge in [0.25, 0.3) is 0 Å². The highest BCUT2D eigenvalue weighted by Crippen LogP contribution is 2.28. The molecule has 1 fully saturated rings. The molecule has 0 saturated heterocycles. The Bertz CT molecular complexity index is 459. The first-order valence-corrected chi connectivity index (χ1v) is 7.58. The number of benzene rings is 1. The zero-order valence-electron chi connectivity index (χ0n) is 12.4. The molecule has 110 valence electrons. The van der Waals surface area contributed by atoms with Crippen LogP contribution in [-0.2, 0) is 0 Å². The number of rotatable bonds is 5. The lowest BCUT2D eigenvalue weighted by Crippen LogP contribution is -2.16. The van der Waals surface area contributed by atoms with Gasteiger partial charge in [0.1, 0.15) is 11.3 Å². The third-order valence-corrected chi connectivity index (χ3v) is 4.10. The van der Waals surface area contributed by atoms with Gasteiger partial charge in [-0.15, -0.1) is 0 Å². The van der Waals surface area contributed by atoms with Crippen LogP contribution in [0.2, 0.25) is 0 Å². The first-order chi connectivity index (χ1) is 9.58. The van der Waals surface area contributed by atoms with Crippen molar-refractivity contribution in [3.8, 4) is 5.75 Å². The summed E-state index contributed by atoms with van der Waals surface area (Å²) in [5, 5.41) is 9.25.